The van der Waals surface area contributed by atoms with Crippen molar-refractivity contribution in [3.05, 3.63) is 18.0 Å². The van der Waals surface area contributed by atoms with E-state index in [9.17, 15) is 9.18 Å². The highest BCUT2D eigenvalue weighted by molar-refractivity contribution is 5.69. The third-order valence-corrected chi connectivity index (χ3v) is 1.56. The van der Waals surface area contributed by atoms with Crippen LogP contribution in [0.5, 0.6) is 0 Å². The summed E-state index contributed by atoms with van der Waals surface area (Å²) in [5, 5.41) is 12.3. The lowest BCUT2D eigenvalue weighted by Crippen LogP contribution is -2.00. The summed E-state index contributed by atoms with van der Waals surface area (Å²) in [4.78, 5) is 10.3. The summed E-state index contributed by atoms with van der Waals surface area (Å²) in [7, 11) is 0. The molecule has 0 aliphatic carbocycles. The van der Waals surface area contributed by atoms with E-state index in [1.165, 1.54) is 6.20 Å². The van der Waals surface area contributed by atoms with Crippen LogP contribution >= 0.6 is 0 Å². The number of aryl methyl sites for hydroxylation is 1. The number of carbonyl (C=O) groups is 1. The predicted octanol–water partition coefficient (Wildman–Crippen LogP) is 0.870. The lowest BCUT2D eigenvalue weighted by atomic mass is 10.3. The van der Waals surface area contributed by atoms with Gasteiger partial charge in [0.2, 0.25) is 0 Å². The zero-order valence-corrected chi connectivity index (χ0v) is 7.11. The van der Waals surface area contributed by atoms with E-state index in [1.54, 1.807) is 10.9 Å². The number of nitrogens with zero attached hydrogens (tertiary/aromatic N) is 2. The van der Waals surface area contributed by atoms with Crippen molar-refractivity contribution in [2.45, 2.75) is 19.4 Å². The maximum Gasteiger partial charge on any atom is 0.307 e. The smallest absolute Gasteiger partial charge is 0.307 e. The summed E-state index contributed by atoms with van der Waals surface area (Å²) < 4.78 is 13.3. The Morgan fingerprint density at radius 3 is 3.08 bits per heavy atom. The number of halogens is 1. The average Bonchev–Trinajstić information content (AvgIpc) is 2.48. The van der Waals surface area contributed by atoms with E-state index in [2.05, 4.69) is 5.10 Å². The highest BCUT2D eigenvalue weighted by atomic mass is 19.1. The molecule has 0 unspecified atom stereocenters. The first-order valence-corrected chi connectivity index (χ1v) is 4.01. The molecular formula is C8H11FN2O2. The first kappa shape index (κ1) is 9.70. The molecule has 1 rings (SSSR count). The van der Waals surface area contributed by atoms with E-state index in [0.717, 1.165) is 0 Å². The maximum absolute atomic E-state index is 11.8. The summed E-state index contributed by atoms with van der Waals surface area (Å²) >= 11 is 0. The second-order valence-electron chi connectivity index (χ2n) is 2.72. The Hall–Kier alpha value is -1.39. The monoisotopic (exact) mass is 186 g/mol. The summed E-state index contributed by atoms with van der Waals surface area (Å²) in [6.45, 7) is 0.115. The molecule has 13 heavy (non-hydrogen) atoms. The fraction of sp³-hybridized carbons (Fsp3) is 0.500. The van der Waals surface area contributed by atoms with E-state index < -0.39 is 5.97 Å². The van der Waals surface area contributed by atoms with Crippen molar-refractivity contribution in [2.24, 2.45) is 0 Å². The van der Waals surface area contributed by atoms with Gasteiger partial charge in [-0.15, -0.1) is 0 Å². The van der Waals surface area contributed by atoms with Gasteiger partial charge in [0.1, 0.15) is 0 Å². The van der Waals surface area contributed by atoms with Gasteiger partial charge in [-0.1, -0.05) is 0 Å². The maximum atomic E-state index is 11.8. The van der Waals surface area contributed by atoms with Gasteiger partial charge in [0.25, 0.3) is 0 Å². The van der Waals surface area contributed by atoms with Gasteiger partial charge in [-0.05, 0) is 6.42 Å². The quantitative estimate of drug-likeness (QED) is 0.742. The van der Waals surface area contributed by atoms with E-state index in [-0.39, 0.29) is 13.1 Å². The third-order valence-electron chi connectivity index (χ3n) is 1.56. The molecule has 0 amide bonds. The van der Waals surface area contributed by atoms with Crippen LogP contribution in [0, 0.1) is 0 Å². The molecule has 1 aromatic rings. The van der Waals surface area contributed by atoms with Crippen molar-refractivity contribution in [1.29, 1.82) is 0 Å². The number of carboxylic acids is 1. The number of hydrogen-bond donors (Lipinski definition) is 1. The predicted molar refractivity (Wildman–Crippen MR) is 44.2 cm³/mol. The standard InChI is InChI=1S/C8H11FN2O2/c9-2-1-3-11-6-7(5-10-11)4-8(12)13/h5-6H,1-4H2,(H,12,13). The minimum Gasteiger partial charge on any atom is -0.481 e. The highest BCUT2D eigenvalue weighted by Gasteiger charge is 2.02. The lowest BCUT2D eigenvalue weighted by molar-refractivity contribution is -0.136. The van der Waals surface area contributed by atoms with Gasteiger partial charge in [0.05, 0.1) is 19.3 Å². The zero-order chi connectivity index (χ0) is 9.68. The molecule has 1 heterocycles. The van der Waals surface area contributed by atoms with Crippen LogP contribution in [0.25, 0.3) is 0 Å². The molecule has 1 N–H and O–H groups in total. The molecule has 0 spiro atoms. The van der Waals surface area contributed by atoms with Crippen LogP contribution in [-0.2, 0) is 17.8 Å². The Labute approximate surface area is 75.0 Å². The number of carboxylic acid groups (broad SMARTS) is 1. The van der Waals surface area contributed by atoms with Gasteiger partial charge >= 0.3 is 5.97 Å². The van der Waals surface area contributed by atoms with E-state index >= 15 is 0 Å². The second-order valence-corrected chi connectivity index (χ2v) is 2.72. The van der Waals surface area contributed by atoms with E-state index in [4.69, 9.17) is 5.11 Å². The van der Waals surface area contributed by atoms with Gasteiger partial charge in [0, 0.05) is 18.3 Å². The van der Waals surface area contributed by atoms with Crippen LogP contribution in [0.3, 0.4) is 0 Å². The molecule has 72 valence electrons. The average molecular weight is 186 g/mol. The second kappa shape index (κ2) is 4.59. The summed E-state index contributed by atoms with van der Waals surface area (Å²) in [5.41, 5.74) is 0.645. The Morgan fingerprint density at radius 2 is 2.46 bits per heavy atom. The SMILES string of the molecule is O=C(O)Cc1cnn(CCCF)c1. The van der Waals surface area contributed by atoms with Crippen molar-refractivity contribution < 1.29 is 14.3 Å². The van der Waals surface area contributed by atoms with Crippen LogP contribution in [-0.4, -0.2) is 27.5 Å². The summed E-state index contributed by atoms with van der Waals surface area (Å²) in [5.74, 6) is -0.884. The topological polar surface area (TPSA) is 55.1 Å². The minimum atomic E-state index is -0.884. The van der Waals surface area contributed by atoms with Crippen molar-refractivity contribution in [3.63, 3.8) is 0 Å². The van der Waals surface area contributed by atoms with Crippen LogP contribution in [0.1, 0.15) is 12.0 Å². The van der Waals surface area contributed by atoms with Gasteiger partial charge in [0.15, 0.2) is 0 Å². The van der Waals surface area contributed by atoms with Crippen molar-refractivity contribution in [2.75, 3.05) is 6.67 Å². The Morgan fingerprint density at radius 1 is 1.69 bits per heavy atom. The van der Waals surface area contributed by atoms with E-state index in [1.807, 2.05) is 0 Å². The summed E-state index contributed by atoms with van der Waals surface area (Å²) in [6.07, 6.45) is 3.50. The number of rotatable bonds is 5. The Kier molecular flexibility index (Phi) is 3.42. The fourth-order valence-electron chi connectivity index (χ4n) is 1.02. The van der Waals surface area contributed by atoms with Crippen LogP contribution < -0.4 is 0 Å². The molecule has 0 saturated heterocycles. The van der Waals surface area contributed by atoms with Crippen molar-refractivity contribution in [3.8, 4) is 0 Å². The molecule has 0 fully saturated rings. The molecule has 1 aromatic heterocycles. The molecule has 4 nitrogen and oxygen atoms in total. The molecule has 0 aromatic carbocycles. The van der Waals surface area contributed by atoms with Crippen LogP contribution in [0.2, 0.25) is 0 Å². The molecule has 0 atom stereocenters. The molecule has 0 saturated carbocycles. The van der Waals surface area contributed by atoms with Gasteiger partial charge < -0.3 is 5.11 Å². The first-order valence-electron chi connectivity index (χ1n) is 4.01. The molecule has 0 bridgehead atoms. The van der Waals surface area contributed by atoms with Crippen molar-refractivity contribution >= 4 is 5.97 Å². The normalized spacial score (nSPS) is 10.2. The third kappa shape index (κ3) is 3.23. The molecule has 0 aliphatic heterocycles. The molecule has 0 radical (unpaired) electrons. The van der Waals surface area contributed by atoms with Crippen LogP contribution in [0.4, 0.5) is 4.39 Å². The molecule has 5 heteroatoms. The summed E-state index contributed by atoms with van der Waals surface area (Å²) in [6, 6.07) is 0. The minimum absolute atomic E-state index is 0.0321. The van der Waals surface area contributed by atoms with Crippen LogP contribution in [0.15, 0.2) is 12.4 Å². The number of aromatic nitrogens is 2. The Balaban J connectivity index is 2.48. The number of hydrogen-bond acceptors (Lipinski definition) is 2. The van der Waals surface area contributed by atoms with Crippen molar-refractivity contribution in [1.82, 2.24) is 9.78 Å². The van der Waals surface area contributed by atoms with Gasteiger partial charge in [-0.2, -0.15) is 5.10 Å². The fourth-order valence-corrected chi connectivity index (χ4v) is 1.02. The number of aliphatic carboxylic acids is 1. The van der Waals surface area contributed by atoms with Gasteiger partial charge in [-0.3, -0.25) is 13.9 Å². The zero-order valence-electron chi connectivity index (χ0n) is 7.11. The lowest BCUT2D eigenvalue weighted by Gasteiger charge is -1.95. The largest absolute Gasteiger partial charge is 0.481 e. The Bertz CT molecular complexity index is 285. The van der Waals surface area contributed by atoms with E-state index in [0.29, 0.717) is 18.5 Å². The number of alkyl halides is 1. The van der Waals surface area contributed by atoms with Gasteiger partial charge in [-0.25, -0.2) is 0 Å². The first-order chi connectivity index (χ1) is 6.22. The molecule has 0 aliphatic rings. The molecular weight excluding hydrogens is 175 g/mol. The highest BCUT2D eigenvalue weighted by Crippen LogP contribution is 1.99.